The number of carbonyl (C=O) groups excluding carboxylic acids is 2. The van der Waals surface area contributed by atoms with Crippen molar-refractivity contribution in [3.63, 3.8) is 0 Å². The van der Waals surface area contributed by atoms with Crippen molar-refractivity contribution >= 4 is 33.3 Å². The Bertz CT molecular complexity index is 656. The largest absolute Gasteiger partial charge is 0.467 e. The fourth-order valence-corrected chi connectivity index (χ4v) is 3.70. The number of nitrogens with zero attached hydrogens (tertiary/aromatic N) is 1. The normalized spacial score (nSPS) is 20.9. The van der Waals surface area contributed by atoms with E-state index in [1.54, 1.807) is 12.1 Å². The number of carbonyl (C=O) groups is 2. The summed E-state index contributed by atoms with van der Waals surface area (Å²) >= 11 is 5.76. The monoisotopic (exact) mass is 331 g/mol. The van der Waals surface area contributed by atoms with Crippen LogP contribution in [0.4, 0.5) is 0 Å². The van der Waals surface area contributed by atoms with Gasteiger partial charge in [-0.2, -0.15) is 0 Å². The zero-order valence-electron chi connectivity index (χ0n) is 11.3. The third-order valence-corrected chi connectivity index (χ3v) is 5.14. The molecule has 0 bridgehead atoms. The summed E-state index contributed by atoms with van der Waals surface area (Å²) in [6.45, 7) is -0.0381. The van der Waals surface area contributed by atoms with E-state index in [0.29, 0.717) is 10.6 Å². The van der Waals surface area contributed by atoms with E-state index < -0.39 is 33.5 Å². The number of hydrogen-bond donors (Lipinski definition) is 0. The number of sulfone groups is 1. The number of rotatable bonds is 2. The zero-order chi connectivity index (χ0) is 15.6. The van der Waals surface area contributed by atoms with Crippen molar-refractivity contribution in [2.75, 3.05) is 25.2 Å². The molecule has 1 fully saturated rings. The highest BCUT2D eigenvalue weighted by atomic mass is 35.5. The molecule has 0 radical (unpaired) electrons. The molecule has 2 rings (SSSR count). The number of esters is 1. The first-order chi connectivity index (χ1) is 9.84. The second-order valence-electron chi connectivity index (χ2n) is 4.66. The van der Waals surface area contributed by atoms with Crippen molar-refractivity contribution in [2.45, 2.75) is 6.04 Å². The number of methoxy groups -OCH3 is 1. The number of halogens is 1. The molecule has 1 aromatic carbocycles. The van der Waals surface area contributed by atoms with Crippen molar-refractivity contribution in [1.29, 1.82) is 0 Å². The molecule has 8 heteroatoms. The number of hydrogen-bond acceptors (Lipinski definition) is 5. The highest BCUT2D eigenvalue weighted by Crippen LogP contribution is 2.18. The summed E-state index contributed by atoms with van der Waals surface area (Å²) in [7, 11) is -2.20. The van der Waals surface area contributed by atoms with Gasteiger partial charge in [-0.25, -0.2) is 13.2 Å². The highest BCUT2D eigenvalue weighted by Gasteiger charge is 2.39. The second-order valence-corrected chi connectivity index (χ2v) is 7.32. The van der Waals surface area contributed by atoms with Crippen LogP contribution in [-0.2, 0) is 19.4 Å². The average Bonchev–Trinajstić information content (AvgIpc) is 2.45. The molecule has 0 aliphatic carbocycles. The molecule has 0 N–H and O–H groups in total. The Morgan fingerprint density at radius 2 is 1.90 bits per heavy atom. The molecule has 1 unspecified atom stereocenters. The minimum atomic E-state index is -3.36. The third kappa shape index (κ3) is 3.54. The van der Waals surface area contributed by atoms with Gasteiger partial charge in [0.2, 0.25) is 0 Å². The Hall–Kier alpha value is -1.60. The fourth-order valence-electron chi connectivity index (χ4n) is 2.14. The summed E-state index contributed by atoms with van der Waals surface area (Å²) in [6.07, 6.45) is 0. The second kappa shape index (κ2) is 6.03. The molecule has 21 heavy (non-hydrogen) atoms. The number of ether oxygens (including phenoxy) is 1. The van der Waals surface area contributed by atoms with Gasteiger partial charge in [-0.3, -0.25) is 4.79 Å². The van der Waals surface area contributed by atoms with Gasteiger partial charge in [0.15, 0.2) is 9.84 Å². The van der Waals surface area contributed by atoms with Gasteiger partial charge in [-0.1, -0.05) is 11.6 Å². The van der Waals surface area contributed by atoms with E-state index >= 15 is 0 Å². The van der Waals surface area contributed by atoms with Crippen LogP contribution >= 0.6 is 11.6 Å². The van der Waals surface area contributed by atoms with Crippen molar-refractivity contribution in [2.24, 2.45) is 0 Å². The van der Waals surface area contributed by atoms with Crippen LogP contribution in [0.2, 0.25) is 5.02 Å². The lowest BCUT2D eigenvalue weighted by Gasteiger charge is -2.33. The Kier molecular flexibility index (Phi) is 4.53. The van der Waals surface area contributed by atoms with Gasteiger partial charge in [-0.15, -0.1) is 0 Å². The lowest BCUT2D eigenvalue weighted by Crippen LogP contribution is -2.55. The van der Waals surface area contributed by atoms with Crippen LogP contribution in [0.25, 0.3) is 0 Å². The maximum Gasteiger partial charge on any atom is 0.329 e. The molecule has 114 valence electrons. The predicted molar refractivity (Wildman–Crippen MR) is 76.9 cm³/mol. The van der Waals surface area contributed by atoms with Crippen LogP contribution in [0.3, 0.4) is 0 Å². The average molecular weight is 332 g/mol. The minimum Gasteiger partial charge on any atom is -0.467 e. The molecule has 1 aromatic rings. The van der Waals surface area contributed by atoms with Crippen molar-refractivity contribution in [3.05, 3.63) is 34.9 Å². The molecule has 0 aromatic heterocycles. The number of benzene rings is 1. The van der Waals surface area contributed by atoms with E-state index in [1.807, 2.05) is 0 Å². The van der Waals surface area contributed by atoms with Gasteiger partial charge in [0.05, 0.1) is 18.6 Å². The topological polar surface area (TPSA) is 80.8 Å². The molecule has 0 saturated carbocycles. The van der Waals surface area contributed by atoms with Gasteiger partial charge in [0.25, 0.3) is 5.91 Å². The smallest absolute Gasteiger partial charge is 0.329 e. The SMILES string of the molecule is COC(=O)C1CS(=O)(=O)CCN1C(=O)c1ccc(Cl)cc1. The van der Waals surface area contributed by atoms with Crippen molar-refractivity contribution < 1.29 is 22.7 Å². The molecule has 1 aliphatic heterocycles. The maximum absolute atomic E-state index is 12.4. The Morgan fingerprint density at radius 1 is 1.29 bits per heavy atom. The van der Waals surface area contributed by atoms with Crippen LogP contribution in [0.1, 0.15) is 10.4 Å². The zero-order valence-corrected chi connectivity index (χ0v) is 12.9. The summed E-state index contributed by atoms with van der Waals surface area (Å²) < 4.78 is 27.9. The summed E-state index contributed by atoms with van der Waals surface area (Å²) in [5, 5.41) is 0.484. The van der Waals surface area contributed by atoms with E-state index in [-0.39, 0.29) is 12.3 Å². The predicted octanol–water partition coefficient (Wildman–Crippen LogP) is 0.752. The van der Waals surface area contributed by atoms with E-state index in [4.69, 9.17) is 11.6 Å². The van der Waals surface area contributed by atoms with E-state index in [1.165, 1.54) is 17.0 Å². The van der Waals surface area contributed by atoms with Crippen LogP contribution in [-0.4, -0.2) is 56.4 Å². The van der Waals surface area contributed by atoms with Gasteiger partial charge >= 0.3 is 5.97 Å². The lowest BCUT2D eigenvalue weighted by molar-refractivity contribution is -0.145. The van der Waals surface area contributed by atoms with Crippen LogP contribution in [0.5, 0.6) is 0 Å². The molecular weight excluding hydrogens is 318 g/mol. The van der Waals surface area contributed by atoms with Gasteiger partial charge < -0.3 is 9.64 Å². The molecule has 1 atom stereocenters. The standard InChI is InChI=1S/C13H14ClNO5S/c1-20-13(17)11-8-21(18,19)7-6-15(11)12(16)9-2-4-10(14)5-3-9/h2-5,11H,6-8H2,1H3. The Balaban J connectivity index is 2.29. The number of amides is 1. The summed E-state index contributed by atoms with van der Waals surface area (Å²) in [4.78, 5) is 25.4. The Morgan fingerprint density at radius 3 is 2.48 bits per heavy atom. The molecule has 6 nitrogen and oxygen atoms in total. The van der Waals surface area contributed by atoms with Crippen LogP contribution < -0.4 is 0 Å². The molecule has 1 saturated heterocycles. The quantitative estimate of drug-likeness (QED) is 0.747. The minimum absolute atomic E-state index is 0.0381. The first kappa shape index (κ1) is 15.8. The van der Waals surface area contributed by atoms with Gasteiger partial charge in [0, 0.05) is 17.1 Å². The third-order valence-electron chi connectivity index (χ3n) is 3.26. The van der Waals surface area contributed by atoms with Crippen LogP contribution in [0, 0.1) is 0 Å². The summed E-state index contributed by atoms with van der Waals surface area (Å²) in [6, 6.07) is 5.06. The van der Waals surface area contributed by atoms with Crippen molar-refractivity contribution in [3.8, 4) is 0 Å². The van der Waals surface area contributed by atoms with E-state index in [0.717, 1.165) is 7.11 Å². The van der Waals surface area contributed by atoms with Gasteiger partial charge in [0.1, 0.15) is 6.04 Å². The maximum atomic E-state index is 12.4. The molecule has 1 aliphatic rings. The van der Waals surface area contributed by atoms with Gasteiger partial charge in [-0.05, 0) is 24.3 Å². The molecule has 1 heterocycles. The van der Waals surface area contributed by atoms with E-state index in [2.05, 4.69) is 4.74 Å². The molecule has 1 amide bonds. The van der Waals surface area contributed by atoms with E-state index in [9.17, 15) is 18.0 Å². The molecular formula is C13H14ClNO5S. The summed E-state index contributed by atoms with van der Waals surface area (Å²) in [5.74, 6) is -1.74. The lowest BCUT2D eigenvalue weighted by atomic mass is 10.1. The van der Waals surface area contributed by atoms with Crippen molar-refractivity contribution in [1.82, 2.24) is 4.90 Å². The Labute approximate surface area is 127 Å². The van der Waals surface area contributed by atoms with Crippen LogP contribution in [0.15, 0.2) is 24.3 Å². The fraction of sp³-hybridized carbons (Fsp3) is 0.385. The summed E-state index contributed by atoms with van der Waals surface area (Å²) in [5.41, 5.74) is 0.340. The first-order valence-corrected chi connectivity index (χ1v) is 8.39. The highest BCUT2D eigenvalue weighted by molar-refractivity contribution is 7.91. The molecule has 0 spiro atoms. The first-order valence-electron chi connectivity index (χ1n) is 6.19.